The minimum Gasteiger partial charge on any atom is -0.403 e. The maximum atomic E-state index is 5.54. The molecular weight excluding hydrogens is 240 g/mol. The number of aryl methyl sites for hydroxylation is 1. The Morgan fingerprint density at radius 3 is 2.42 bits per heavy atom. The summed E-state index contributed by atoms with van der Waals surface area (Å²) in [5.74, 6) is 0.469. The molecule has 0 aliphatic heterocycles. The number of benzene rings is 1. The summed E-state index contributed by atoms with van der Waals surface area (Å²) >= 11 is 0. The number of hydrogen-bond donors (Lipinski definition) is 1. The molecule has 2 heterocycles. The molecule has 94 valence electrons. The van der Waals surface area contributed by atoms with Crippen molar-refractivity contribution in [2.75, 3.05) is 5.32 Å². The van der Waals surface area contributed by atoms with Gasteiger partial charge in [0, 0.05) is 23.6 Å². The summed E-state index contributed by atoms with van der Waals surface area (Å²) in [4.78, 5) is 3.95. The highest BCUT2D eigenvalue weighted by atomic mass is 16.4. The molecule has 1 N–H and O–H groups in total. The Hall–Kier alpha value is -2.69. The van der Waals surface area contributed by atoms with Crippen molar-refractivity contribution in [1.29, 1.82) is 0 Å². The van der Waals surface area contributed by atoms with Crippen LogP contribution < -0.4 is 5.32 Å². The molecule has 0 radical (unpaired) electrons. The van der Waals surface area contributed by atoms with E-state index in [-0.39, 0.29) is 0 Å². The second kappa shape index (κ2) is 4.89. The Bertz CT molecular complexity index is 661. The molecular formula is C14H12N4O. The number of nitrogens with one attached hydrogen (secondary N) is 1. The molecule has 0 amide bonds. The lowest BCUT2D eigenvalue weighted by Crippen LogP contribution is -1.89. The van der Waals surface area contributed by atoms with Crippen molar-refractivity contribution in [1.82, 2.24) is 15.2 Å². The smallest absolute Gasteiger partial charge is 0.320 e. The van der Waals surface area contributed by atoms with Crippen LogP contribution in [-0.4, -0.2) is 15.2 Å². The van der Waals surface area contributed by atoms with Crippen LogP contribution >= 0.6 is 0 Å². The highest BCUT2D eigenvalue weighted by Gasteiger charge is 2.07. The van der Waals surface area contributed by atoms with Crippen molar-refractivity contribution in [2.45, 2.75) is 6.92 Å². The van der Waals surface area contributed by atoms with Gasteiger partial charge in [-0.05, 0) is 31.2 Å². The van der Waals surface area contributed by atoms with Gasteiger partial charge in [0.2, 0.25) is 5.89 Å². The molecule has 5 heteroatoms. The zero-order valence-corrected chi connectivity index (χ0v) is 10.4. The van der Waals surface area contributed by atoms with Crippen LogP contribution in [0.3, 0.4) is 0 Å². The van der Waals surface area contributed by atoms with Crippen LogP contribution in [0.1, 0.15) is 5.56 Å². The quantitative estimate of drug-likeness (QED) is 0.775. The van der Waals surface area contributed by atoms with Crippen molar-refractivity contribution in [2.24, 2.45) is 0 Å². The maximum absolute atomic E-state index is 5.54. The van der Waals surface area contributed by atoms with Gasteiger partial charge in [-0.2, -0.15) is 0 Å². The lowest BCUT2D eigenvalue weighted by Gasteiger charge is -2.00. The van der Waals surface area contributed by atoms with Crippen molar-refractivity contribution in [3.05, 3.63) is 54.4 Å². The van der Waals surface area contributed by atoms with E-state index in [1.165, 1.54) is 5.56 Å². The largest absolute Gasteiger partial charge is 0.403 e. The Labute approximate surface area is 110 Å². The Morgan fingerprint density at radius 2 is 1.68 bits per heavy atom. The molecule has 0 saturated carbocycles. The van der Waals surface area contributed by atoms with E-state index in [0.717, 1.165) is 11.3 Å². The molecule has 0 aliphatic rings. The summed E-state index contributed by atoms with van der Waals surface area (Å²) < 4.78 is 5.54. The SMILES string of the molecule is Cc1ccc(Nc2nnc(-c3ccncc3)o2)cc1. The molecule has 3 rings (SSSR count). The molecule has 0 aliphatic carbocycles. The highest BCUT2D eigenvalue weighted by Crippen LogP contribution is 2.21. The predicted octanol–water partition coefficient (Wildman–Crippen LogP) is 3.18. The summed E-state index contributed by atoms with van der Waals surface area (Å²) in [6.45, 7) is 2.04. The maximum Gasteiger partial charge on any atom is 0.320 e. The fraction of sp³-hybridized carbons (Fsp3) is 0.0714. The first kappa shape index (κ1) is 11.4. The van der Waals surface area contributed by atoms with Crippen LogP contribution in [0.15, 0.2) is 53.2 Å². The number of aromatic nitrogens is 3. The van der Waals surface area contributed by atoms with Gasteiger partial charge in [0.1, 0.15) is 0 Å². The van der Waals surface area contributed by atoms with Gasteiger partial charge in [-0.25, -0.2) is 0 Å². The topological polar surface area (TPSA) is 63.8 Å². The van der Waals surface area contributed by atoms with E-state index in [2.05, 4.69) is 20.5 Å². The predicted molar refractivity (Wildman–Crippen MR) is 72.0 cm³/mol. The van der Waals surface area contributed by atoms with Gasteiger partial charge < -0.3 is 9.73 Å². The normalized spacial score (nSPS) is 10.4. The van der Waals surface area contributed by atoms with Crippen molar-refractivity contribution in [3.63, 3.8) is 0 Å². The van der Waals surface area contributed by atoms with Gasteiger partial charge in [-0.1, -0.05) is 22.8 Å². The van der Waals surface area contributed by atoms with Gasteiger partial charge in [-0.15, -0.1) is 5.10 Å². The highest BCUT2D eigenvalue weighted by molar-refractivity contribution is 5.55. The fourth-order valence-corrected chi connectivity index (χ4v) is 1.65. The molecule has 2 aromatic heterocycles. The van der Waals surface area contributed by atoms with E-state index in [4.69, 9.17) is 4.42 Å². The van der Waals surface area contributed by atoms with Crippen LogP contribution in [-0.2, 0) is 0 Å². The van der Waals surface area contributed by atoms with Gasteiger partial charge in [-0.3, -0.25) is 4.98 Å². The second-order valence-electron chi connectivity index (χ2n) is 4.14. The molecule has 5 nitrogen and oxygen atoms in total. The van der Waals surface area contributed by atoms with E-state index >= 15 is 0 Å². The Kier molecular flexibility index (Phi) is 2.94. The summed E-state index contributed by atoms with van der Waals surface area (Å²) in [7, 11) is 0. The van der Waals surface area contributed by atoms with Gasteiger partial charge in [0.05, 0.1) is 0 Å². The van der Waals surface area contributed by atoms with Crippen LogP contribution in [0.2, 0.25) is 0 Å². The zero-order valence-electron chi connectivity index (χ0n) is 10.4. The van der Waals surface area contributed by atoms with E-state index < -0.39 is 0 Å². The lowest BCUT2D eigenvalue weighted by atomic mass is 10.2. The molecule has 0 fully saturated rings. The fourth-order valence-electron chi connectivity index (χ4n) is 1.65. The first-order valence-corrected chi connectivity index (χ1v) is 5.89. The zero-order chi connectivity index (χ0) is 13.1. The lowest BCUT2D eigenvalue weighted by molar-refractivity contribution is 0.587. The molecule has 0 saturated heterocycles. The van der Waals surface area contributed by atoms with Crippen LogP contribution in [0.4, 0.5) is 11.7 Å². The average molecular weight is 252 g/mol. The Balaban J connectivity index is 1.80. The minimum atomic E-state index is 0.371. The standard InChI is InChI=1S/C14H12N4O/c1-10-2-4-12(5-3-10)16-14-18-17-13(19-14)11-6-8-15-9-7-11/h2-9H,1H3,(H,16,18). The molecule has 3 aromatic rings. The molecule has 19 heavy (non-hydrogen) atoms. The second-order valence-corrected chi connectivity index (χ2v) is 4.14. The minimum absolute atomic E-state index is 0.371. The third-order valence-corrected chi connectivity index (χ3v) is 2.66. The third-order valence-electron chi connectivity index (χ3n) is 2.66. The molecule has 0 bridgehead atoms. The average Bonchev–Trinajstić information content (AvgIpc) is 2.91. The third kappa shape index (κ3) is 2.60. The number of anilines is 2. The molecule has 1 aromatic carbocycles. The van der Waals surface area contributed by atoms with Crippen molar-refractivity contribution >= 4 is 11.7 Å². The van der Waals surface area contributed by atoms with E-state index in [9.17, 15) is 0 Å². The van der Waals surface area contributed by atoms with E-state index in [1.54, 1.807) is 12.4 Å². The number of nitrogens with zero attached hydrogens (tertiary/aromatic N) is 3. The molecule has 0 atom stereocenters. The number of pyridine rings is 1. The van der Waals surface area contributed by atoms with Crippen molar-refractivity contribution < 1.29 is 4.42 Å². The summed E-state index contributed by atoms with van der Waals surface area (Å²) in [6, 6.07) is 12.0. The first-order chi connectivity index (χ1) is 9.31. The van der Waals surface area contributed by atoms with Crippen LogP contribution in [0, 0.1) is 6.92 Å². The summed E-state index contributed by atoms with van der Waals surface area (Å²) in [6.07, 6.45) is 3.37. The first-order valence-electron chi connectivity index (χ1n) is 5.89. The number of hydrogen-bond acceptors (Lipinski definition) is 5. The summed E-state index contributed by atoms with van der Waals surface area (Å²) in [5, 5.41) is 11.0. The van der Waals surface area contributed by atoms with E-state index in [1.807, 2.05) is 43.3 Å². The summed E-state index contributed by atoms with van der Waals surface area (Å²) in [5.41, 5.74) is 2.96. The van der Waals surface area contributed by atoms with Gasteiger partial charge in [0.25, 0.3) is 0 Å². The van der Waals surface area contributed by atoms with Crippen LogP contribution in [0.25, 0.3) is 11.5 Å². The molecule has 0 unspecified atom stereocenters. The molecule has 0 spiro atoms. The number of rotatable bonds is 3. The van der Waals surface area contributed by atoms with Crippen LogP contribution in [0.5, 0.6) is 0 Å². The van der Waals surface area contributed by atoms with Crippen molar-refractivity contribution in [3.8, 4) is 11.5 Å². The Morgan fingerprint density at radius 1 is 0.947 bits per heavy atom. The monoisotopic (exact) mass is 252 g/mol. The van der Waals surface area contributed by atoms with Gasteiger partial charge >= 0.3 is 6.01 Å². The van der Waals surface area contributed by atoms with E-state index in [0.29, 0.717) is 11.9 Å². The van der Waals surface area contributed by atoms with Gasteiger partial charge in [0.15, 0.2) is 0 Å².